The molecule has 1 unspecified atom stereocenters. The Morgan fingerprint density at radius 3 is 2.85 bits per heavy atom. The summed E-state index contributed by atoms with van der Waals surface area (Å²) >= 11 is 0. The van der Waals surface area contributed by atoms with Gasteiger partial charge in [0.2, 0.25) is 0 Å². The number of hydrogen-bond donors (Lipinski definition) is 1. The highest BCUT2D eigenvalue weighted by atomic mass is 19.1. The van der Waals surface area contributed by atoms with Gasteiger partial charge in [0.25, 0.3) is 0 Å². The number of rotatable bonds is 2. The molecule has 1 aromatic carbocycles. The van der Waals surface area contributed by atoms with E-state index in [9.17, 15) is 8.78 Å². The first kappa shape index (κ1) is 13.3. The molecular formula is C16H18F2N2. The quantitative estimate of drug-likeness (QED) is 0.894. The van der Waals surface area contributed by atoms with E-state index in [1.807, 2.05) is 6.92 Å². The topological polar surface area (TPSA) is 30.9 Å². The van der Waals surface area contributed by atoms with E-state index >= 15 is 0 Å². The van der Waals surface area contributed by atoms with Gasteiger partial charge in [-0.25, -0.2) is 8.78 Å². The normalized spacial score (nSPS) is 18.1. The number of aromatic nitrogens is 1. The van der Waals surface area contributed by atoms with Gasteiger partial charge in [0.15, 0.2) is 0 Å². The summed E-state index contributed by atoms with van der Waals surface area (Å²) in [6, 6.07) is 5.93. The van der Waals surface area contributed by atoms with Gasteiger partial charge in [-0.2, -0.15) is 0 Å². The highest BCUT2D eigenvalue weighted by molar-refractivity contribution is 5.34. The van der Waals surface area contributed by atoms with Crippen molar-refractivity contribution in [3.8, 4) is 0 Å². The van der Waals surface area contributed by atoms with Crippen LogP contribution in [0, 0.1) is 18.6 Å². The highest BCUT2D eigenvalue weighted by Gasteiger charge is 2.22. The van der Waals surface area contributed by atoms with Crippen LogP contribution in [0.3, 0.4) is 0 Å². The average Bonchev–Trinajstić information content (AvgIpc) is 2.71. The highest BCUT2D eigenvalue weighted by Crippen LogP contribution is 2.31. The Bertz CT molecular complexity index is 646. The molecule has 1 aliphatic carbocycles. The van der Waals surface area contributed by atoms with E-state index in [4.69, 9.17) is 5.73 Å². The van der Waals surface area contributed by atoms with Crippen LogP contribution in [-0.4, -0.2) is 4.57 Å². The largest absolute Gasteiger partial charge is 0.344 e. The number of benzene rings is 1. The number of hydrogen-bond acceptors (Lipinski definition) is 1. The second-order valence-electron chi connectivity index (χ2n) is 5.51. The van der Waals surface area contributed by atoms with Crippen molar-refractivity contribution in [2.45, 2.75) is 38.8 Å². The molecule has 0 bridgehead atoms. The van der Waals surface area contributed by atoms with Crippen molar-refractivity contribution in [2.24, 2.45) is 5.73 Å². The molecule has 2 N–H and O–H groups in total. The number of fused-ring (bicyclic) bond motifs is 1. The second-order valence-corrected chi connectivity index (χ2v) is 5.51. The van der Waals surface area contributed by atoms with Gasteiger partial charge in [0.05, 0.1) is 6.54 Å². The van der Waals surface area contributed by atoms with Crippen molar-refractivity contribution in [3.05, 3.63) is 58.4 Å². The summed E-state index contributed by atoms with van der Waals surface area (Å²) in [7, 11) is 0. The van der Waals surface area contributed by atoms with Crippen LogP contribution in [0.2, 0.25) is 0 Å². The molecule has 0 aliphatic heterocycles. The van der Waals surface area contributed by atoms with Gasteiger partial charge in [0, 0.05) is 29.1 Å². The van der Waals surface area contributed by atoms with Crippen LogP contribution in [0.5, 0.6) is 0 Å². The zero-order valence-corrected chi connectivity index (χ0v) is 11.5. The minimum atomic E-state index is -0.542. The summed E-state index contributed by atoms with van der Waals surface area (Å²) in [6.07, 6.45) is 3.03. The summed E-state index contributed by atoms with van der Waals surface area (Å²) in [4.78, 5) is 0. The van der Waals surface area contributed by atoms with Crippen molar-refractivity contribution in [3.63, 3.8) is 0 Å². The Kier molecular flexibility index (Phi) is 3.34. The maximum atomic E-state index is 13.8. The Labute approximate surface area is 117 Å². The van der Waals surface area contributed by atoms with Gasteiger partial charge in [-0.15, -0.1) is 0 Å². The van der Waals surface area contributed by atoms with E-state index in [2.05, 4.69) is 10.6 Å². The summed E-state index contributed by atoms with van der Waals surface area (Å²) in [5.41, 5.74) is 10.1. The summed E-state index contributed by atoms with van der Waals surface area (Å²) in [5.74, 6) is -1.04. The molecule has 1 aromatic heterocycles. The molecule has 0 radical (unpaired) electrons. The van der Waals surface area contributed by atoms with Gasteiger partial charge in [-0.05, 0) is 43.9 Å². The molecule has 1 atom stereocenters. The molecule has 2 nitrogen and oxygen atoms in total. The Hall–Kier alpha value is -1.68. The Balaban J connectivity index is 1.99. The first-order valence-electron chi connectivity index (χ1n) is 6.94. The minimum Gasteiger partial charge on any atom is -0.344 e. The van der Waals surface area contributed by atoms with Crippen LogP contribution in [-0.2, 0) is 13.0 Å². The second kappa shape index (κ2) is 5.02. The van der Waals surface area contributed by atoms with Crippen LogP contribution >= 0.6 is 0 Å². The average molecular weight is 276 g/mol. The third-order valence-corrected chi connectivity index (χ3v) is 4.12. The van der Waals surface area contributed by atoms with Crippen LogP contribution < -0.4 is 5.73 Å². The summed E-state index contributed by atoms with van der Waals surface area (Å²) in [6.45, 7) is 2.44. The van der Waals surface area contributed by atoms with Crippen LogP contribution in [0.15, 0.2) is 24.3 Å². The fraction of sp³-hybridized carbons (Fsp3) is 0.375. The molecule has 1 heterocycles. The molecule has 20 heavy (non-hydrogen) atoms. The molecule has 1 aliphatic rings. The molecule has 4 heteroatoms. The van der Waals surface area contributed by atoms with E-state index < -0.39 is 11.6 Å². The van der Waals surface area contributed by atoms with Crippen molar-refractivity contribution in [1.29, 1.82) is 0 Å². The van der Waals surface area contributed by atoms with E-state index in [0.29, 0.717) is 12.1 Å². The molecule has 106 valence electrons. The Morgan fingerprint density at radius 1 is 1.30 bits per heavy atom. The molecule has 0 spiro atoms. The van der Waals surface area contributed by atoms with Crippen molar-refractivity contribution >= 4 is 0 Å². The lowest BCUT2D eigenvalue weighted by Gasteiger charge is -2.21. The number of nitrogens with zero attached hydrogens (tertiary/aromatic N) is 1. The maximum Gasteiger partial charge on any atom is 0.131 e. The molecule has 0 amide bonds. The third kappa shape index (κ3) is 2.24. The monoisotopic (exact) mass is 276 g/mol. The van der Waals surface area contributed by atoms with Gasteiger partial charge in [-0.3, -0.25) is 0 Å². The SMILES string of the molecule is Cc1cc2c(n1Cc1ccc(F)cc1F)CCCC2N. The predicted molar refractivity (Wildman–Crippen MR) is 74.5 cm³/mol. The smallest absolute Gasteiger partial charge is 0.131 e. The summed E-state index contributed by atoms with van der Waals surface area (Å²) in [5, 5.41) is 0. The molecule has 2 aromatic rings. The Morgan fingerprint density at radius 2 is 2.10 bits per heavy atom. The first-order valence-corrected chi connectivity index (χ1v) is 6.94. The van der Waals surface area contributed by atoms with E-state index in [1.165, 1.54) is 23.4 Å². The van der Waals surface area contributed by atoms with Crippen LogP contribution in [0.25, 0.3) is 0 Å². The lowest BCUT2D eigenvalue weighted by atomic mass is 9.93. The zero-order valence-electron chi connectivity index (χ0n) is 11.5. The van der Waals surface area contributed by atoms with E-state index in [1.54, 1.807) is 0 Å². The molecule has 0 saturated heterocycles. The molecule has 3 rings (SSSR count). The first-order chi connectivity index (χ1) is 9.56. The van der Waals surface area contributed by atoms with Crippen molar-refractivity contribution in [2.75, 3.05) is 0 Å². The van der Waals surface area contributed by atoms with E-state index in [0.717, 1.165) is 31.0 Å². The zero-order chi connectivity index (χ0) is 14.3. The van der Waals surface area contributed by atoms with Crippen molar-refractivity contribution in [1.82, 2.24) is 4.57 Å². The molecular weight excluding hydrogens is 258 g/mol. The van der Waals surface area contributed by atoms with Gasteiger partial charge in [-0.1, -0.05) is 6.07 Å². The minimum absolute atomic E-state index is 0.0803. The predicted octanol–water partition coefficient (Wildman–Crippen LogP) is 3.46. The number of nitrogens with two attached hydrogens (primary N) is 1. The standard InChI is InChI=1S/C16H18F2N2/c1-10-7-13-15(19)3-2-4-16(13)20(10)9-11-5-6-12(17)8-14(11)18/h5-8,15H,2-4,9,19H2,1H3. The summed E-state index contributed by atoms with van der Waals surface area (Å²) < 4.78 is 28.9. The fourth-order valence-electron chi connectivity index (χ4n) is 3.04. The van der Waals surface area contributed by atoms with E-state index in [-0.39, 0.29) is 6.04 Å². The third-order valence-electron chi connectivity index (χ3n) is 4.12. The maximum absolute atomic E-state index is 13.8. The number of aryl methyl sites for hydroxylation is 1. The lowest BCUT2D eigenvalue weighted by molar-refractivity contribution is 0.536. The fourth-order valence-corrected chi connectivity index (χ4v) is 3.04. The van der Waals surface area contributed by atoms with Gasteiger partial charge >= 0.3 is 0 Å². The van der Waals surface area contributed by atoms with Crippen molar-refractivity contribution < 1.29 is 8.78 Å². The molecule has 0 saturated carbocycles. The number of halogens is 2. The lowest BCUT2D eigenvalue weighted by Crippen LogP contribution is -2.18. The van der Waals surface area contributed by atoms with Gasteiger partial charge in [0.1, 0.15) is 11.6 Å². The van der Waals surface area contributed by atoms with Crippen LogP contribution in [0.4, 0.5) is 8.78 Å². The van der Waals surface area contributed by atoms with Gasteiger partial charge < -0.3 is 10.3 Å². The van der Waals surface area contributed by atoms with Crippen LogP contribution in [0.1, 0.15) is 41.4 Å². The molecule has 0 fully saturated rings.